The molecule has 2 aromatic carbocycles. The van der Waals surface area contributed by atoms with Gasteiger partial charge >= 0.3 is 7.82 Å². The standard InChI is InChI=1S/2C14H21.Al.H3O4P/c2*1-13(2,3)11-8-7-9-12(10-11)14(4,5)6;;1-5(2,3)4/h2*7-8,10H,1-6H3;;(H3,1,2,3,4). The minimum Gasteiger partial charge on any atom is -0.303 e. The number of hydrogen-bond donors (Lipinski definition) is 3. The number of rotatable bonds is 2. The van der Waals surface area contributed by atoms with Crippen molar-refractivity contribution in [2.24, 2.45) is 0 Å². The Bertz CT molecular complexity index is 945. The Kier molecular flexibility index (Phi) is 9.70. The Morgan fingerprint density at radius 2 is 0.824 bits per heavy atom. The highest BCUT2D eigenvalue weighted by molar-refractivity contribution is 7.45. The maximum absolute atomic E-state index is 8.88. The maximum Gasteiger partial charge on any atom is 0.466 e. The van der Waals surface area contributed by atoms with Crippen LogP contribution in [0, 0.1) is 0 Å². The molecule has 6 heteroatoms. The topological polar surface area (TPSA) is 77.8 Å². The van der Waals surface area contributed by atoms with Crippen molar-refractivity contribution in [1.82, 2.24) is 0 Å². The van der Waals surface area contributed by atoms with Gasteiger partial charge in [-0.25, -0.2) is 4.57 Å². The van der Waals surface area contributed by atoms with Gasteiger partial charge < -0.3 is 14.7 Å². The summed E-state index contributed by atoms with van der Waals surface area (Å²) in [5.41, 5.74) is 6.56. The summed E-state index contributed by atoms with van der Waals surface area (Å²) in [5, 5.41) is 0. The van der Waals surface area contributed by atoms with Crippen LogP contribution in [-0.2, 0) is 26.2 Å². The van der Waals surface area contributed by atoms with E-state index in [-0.39, 0.29) is 36.9 Å². The minimum absolute atomic E-state index is 0.0549. The van der Waals surface area contributed by atoms with Gasteiger partial charge in [0.25, 0.3) is 15.2 Å². The normalized spacial score (nSPS) is 13.3. The maximum atomic E-state index is 8.88. The Balaban J connectivity index is 0.00000104. The molecule has 0 saturated carbocycles. The van der Waals surface area contributed by atoms with Crippen LogP contribution in [0.1, 0.15) is 105 Å². The van der Waals surface area contributed by atoms with Gasteiger partial charge in [0, 0.05) is 0 Å². The molecule has 4 nitrogen and oxygen atoms in total. The third-order valence-electron chi connectivity index (χ3n) is 5.77. The molecule has 0 unspecified atom stereocenters. The van der Waals surface area contributed by atoms with Crippen LogP contribution in [0.5, 0.6) is 0 Å². The average molecular weight is 504 g/mol. The molecule has 0 aliphatic carbocycles. The Morgan fingerprint density at radius 3 is 1.03 bits per heavy atom. The van der Waals surface area contributed by atoms with Gasteiger partial charge in [-0.2, -0.15) is 0 Å². The summed E-state index contributed by atoms with van der Waals surface area (Å²) in [6, 6.07) is 14.5. The van der Waals surface area contributed by atoms with Crippen molar-refractivity contribution in [3.8, 4) is 0 Å². The van der Waals surface area contributed by atoms with Gasteiger partial charge in [-0.05, 0) is 32.8 Å². The zero-order valence-electron chi connectivity index (χ0n) is 23.2. The molecule has 2 aromatic rings. The number of phosphoric acid groups is 1. The molecule has 0 aliphatic heterocycles. The fourth-order valence-electron chi connectivity index (χ4n) is 3.76. The van der Waals surface area contributed by atoms with Gasteiger partial charge in [0.1, 0.15) is 0 Å². The largest absolute Gasteiger partial charge is 0.466 e. The molecule has 0 saturated heterocycles. The molecule has 0 atom stereocenters. The highest BCUT2D eigenvalue weighted by atomic mass is 31.2. The lowest BCUT2D eigenvalue weighted by molar-refractivity contribution is 0.275. The summed E-state index contributed by atoms with van der Waals surface area (Å²) in [7, 11) is -4.64. The van der Waals surface area contributed by atoms with Crippen LogP contribution in [0.2, 0.25) is 0 Å². The first kappa shape index (κ1) is 31.1. The van der Waals surface area contributed by atoms with E-state index in [9.17, 15) is 0 Å². The highest BCUT2D eigenvalue weighted by Crippen LogP contribution is 2.30. The second kappa shape index (κ2) is 10.6. The third-order valence-corrected chi connectivity index (χ3v) is 7.39. The summed E-state index contributed by atoms with van der Waals surface area (Å²) in [6.07, 6.45) is 0. The molecule has 1 radical (unpaired) electrons. The van der Waals surface area contributed by atoms with Gasteiger partial charge in [0.2, 0.25) is 0 Å². The molecular weight excluding hydrogens is 458 g/mol. The molecule has 34 heavy (non-hydrogen) atoms. The molecular formula is C28H45AlO4P. The monoisotopic (exact) mass is 503 g/mol. The Hall–Kier alpha value is -0.918. The Labute approximate surface area is 214 Å². The second-order valence-electron chi connectivity index (χ2n) is 13.3. The van der Waals surface area contributed by atoms with Gasteiger partial charge in [-0.3, -0.25) is 0 Å². The van der Waals surface area contributed by atoms with Crippen molar-refractivity contribution in [2.75, 3.05) is 0 Å². The van der Waals surface area contributed by atoms with Crippen LogP contribution in [0.4, 0.5) is 0 Å². The van der Waals surface area contributed by atoms with Crippen molar-refractivity contribution in [2.45, 2.75) is 105 Å². The molecule has 3 N–H and O–H groups in total. The smallest absolute Gasteiger partial charge is 0.303 e. The van der Waals surface area contributed by atoms with Crippen LogP contribution in [-0.4, -0.2) is 29.9 Å². The molecule has 0 amide bonds. The van der Waals surface area contributed by atoms with E-state index in [1.807, 2.05) is 0 Å². The minimum atomic E-state index is -4.64. The molecule has 189 valence electrons. The lowest BCUT2D eigenvalue weighted by Gasteiger charge is -2.30. The molecule has 0 heterocycles. The predicted molar refractivity (Wildman–Crippen MR) is 147 cm³/mol. The van der Waals surface area contributed by atoms with Crippen molar-refractivity contribution in [3.05, 3.63) is 58.7 Å². The van der Waals surface area contributed by atoms with Crippen LogP contribution >= 0.6 is 7.82 Å². The van der Waals surface area contributed by atoms with E-state index in [1.165, 1.54) is 22.3 Å². The average Bonchev–Trinajstić information content (AvgIpc) is 2.57. The molecule has 0 spiro atoms. The molecule has 0 aromatic heterocycles. The van der Waals surface area contributed by atoms with Crippen LogP contribution < -0.4 is 8.85 Å². The second-order valence-corrected chi connectivity index (χ2v) is 15.8. The first-order valence-electron chi connectivity index (χ1n) is 11.8. The molecule has 0 bridgehead atoms. The van der Waals surface area contributed by atoms with Gasteiger partial charge in [-0.15, -0.1) is 8.85 Å². The first-order chi connectivity index (χ1) is 14.9. The zero-order valence-corrected chi connectivity index (χ0v) is 25.3. The van der Waals surface area contributed by atoms with E-state index < -0.39 is 7.82 Å². The van der Waals surface area contributed by atoms with Gasteiger partial charge in [0.05, 0.1) is 0 Å². The highest BCUT2D eigenvalue weighted by Gasteiger charge is 2.26. The fourth-order valence-corrected chi connectivity index (χ4v) is 5.83. The zero-order chi connectivity index (χ0) is 26.9. The lowest BCUT2D eigenvalue weighted by Crippen LogP contribution is -2.39. The molecule has 0 aliphatic rings. The van der Waals surface area contributed by atoms with E-state index >= 15 is 0 Å². The summed E-state index contributed by atoms with van der Waals surface area (Å²) in [5.74, 6) is 0. The predicted octanol–water partition coefficient (Wildman–Crippen LogP) is 5.60. The van der Waals surface area contributed by atoms with Gasteiger partial charge in [0.15, 0.2) is 0 Å². The summed E-state index contributed by atoms with van der Waals surface area (Å²) in [4.78, 5) is 21.6. The third kappa shape index (κ3) is 9.98. The van der Waals surface area contributed by atoms with Crippen molar-refractivity contribution in [1.29, 1.82) is 0 Å². The van der Waals surface area contributed by atoms with Gasteiger partial charge in [-0.1, -0.05) is 131 Å². The van der Waals surface area contributed by atoms with Crippen LogP contribution in [0.25, 0.3) is 0 Å². The van der Waals surface area contributed by atoms with E-state index in [4.69, 9.17) is 19.2 Å². The van der Waals surface area contributed by atoms with E-state index in [0.717, 1.165) is 0 Å². The molecule has 0 fully saturated rings. The van der Waals surface area contributed by atoms with E-state index in [1.54, 1.807) is 8.85 Å². The van der Waals surface area contributed by atoms with Crippen LogP contribution in [0.15, 0.2) is 36.4 Å². The summed E-state index contributed by atoms with van der Waals surface area (Å²) < 4.78 is 12.0. The summed E-state index contributed by atoms with van der Waals surface area (Å²) >= 11 is 0.0549. The van der Waals surface area contributed by atoms with Crippen molar-refractivity contribution < 1.29 is 19.2 Å². The van der Waals surface area contributed by atoms with E-state index in [0.29, 0.717) is 0 Å². The Morgan fingerprint density at radius 1 is 0.559 bits per heavy atom. The first-order valence-corrected chi connectivity index (χ1v) is 14.6. The fraction of sp³-hybridized carbons (Fsp3) is 0.571. The lowest BCUT2D eigenvalue weighted by atomic mass is 9.80. The van der Waals surface area contributed by atoms with Crippen molar-refractivity contribution >= 4 is 31.9 Å². The van der Waals surface area contributed by atoms with Crippen LogP contribution in [0.3, 0.4) is 0 Å². The van der Waals surface area contributed by atoms with Crippen molar-refractivity contribution in [3.63, 3.8) is 0 Å². The quantitative estimate of drug-likeness (QED) is 0.368. The molecule has 2 rings (SSSR count). The number of hydrogen-bond acceptors (Lipinski definition) is 1. The SMILES string of the molecule is CC(C)(C)c1cc[c]([Al][c]2ccc(C(C)(C)C)cc2C(C)(C)C)c(C(C)(C)C)c1.O=P(O)(O)O. The number of benzene rings is 2. The van der Waals surface area contributed by atoms with E-state index in [2.05, 4.69) is 119 Å². The summed E-state index contributed by atoms with van der Waals surface area (Å²) in [6.45, 7) is 28.0.